The molecule has 0 aromatic carbocycles. The summed E-state index contributed by atoms with van der Waals surface area (Å²) >= 11 is 1.60. The molecule has 1 aliphatic rings. The molecule has 0 aliphatic carbocycles. The fraction of sp³-hybridized carbons (Fsp3) is 0.450. The average molecular weight is 416 g/mol. The van der Waals surface area contributed by atoms with Crippen LogP contribution < -0.4 is 10.9 Å². The second-order valence-electron chi connectivity index (χ2n) is 7.39. The number of methoxy groups -OCH3 is 1. The summed E-state index contributed by atoms with van der Waals surface area (Å²) in [5, 5.41) is 2.78. The smallest absolute Gasteiger partial charge is 0.261 e. The Morgan fingerprint density at radius 2 is 2.28 bits per heavy atom. The maximum absolute atomic E-state index is 12.4. The molecule has 0 unspecified atom stereocenters. The minimum absolute atomic E-state index is 0.112. The second kappa shape index (κ2) is 8.48. The highest BCUT2D eigenvalue weighted by Crippen LogP contribution is 2.19. The molecular weight excluding hydrogens is 390 g/mol. The van der Waals surface area contributed by atoms with Gasteiger partial charge in [0.25, 0.3) is 11.5 Å². The van der Waals surface area contributed by atoms with Crippen LogP contribution in [0.25, 0.3) is 4.96 Å². The highest BCUT2D eigenvalue weighted by molar-refractivity contribution is 7.16. The summed E-state index contributed by atoms with van der Waals surface area (Å²) in [6, 6.07) is 3.79. The minimum Gasteiger partial charge on any atom is -0.383 e. The number of hydrogen-bond donors (Lipinski definition) is 2. The van der Waals surface area contributed by atoms with Crippen LogP contribution in [-0.4, -0.2) is 51.5 Å². The molecule has 4 heterocycles. The van der Waals surface area contributed by atoms with Crippen molar-refractivity contribution >= 4 is 22.2 Å². The van der Waals surface area contributed by atoms with Crippen LogP contribution in [0.2, 0.25) is 0 Å². The number of nitrogens with zero attached hydrogens (tertiary/aromatic N) is 3. The lowest BCUT2D eigenvalue weighted by Crippen LogP contribution is -2.34. The molecule has 0 radical (unpaired) electrons. The van der Waals surface area contributed by atoms with Crippen LogP contribution in [0.3, 0.4) is 0 Å². The van der Waals surface area contributed by atoms with Gasteiger partial charge >= 0.3 is 0 Å². The van der Waals surface area contributed by atoms with E-state index in [2.05, 4.69) is 20.2 Å². The van der Waals surface area contributed by atoms with Gasteiger partial charge in [-0.05, 0) is 38.4 Å². The third kappa shape index (κ3) is 4.42. The van der Waals surface area contributed by atoms with E-state index >= 15 is 0 Å². The normalized spacial score (nSPS) is 17.2. The predicted molar refractivity (Wildman–Crippen MR) is 111 cm³/mol. The second-order valence-corrected chi connectivity index (χ2v) is 8.61. The van der Waals surface area contributed by atoms with Gasteiger partial charge in [0.1, 0.15) is 5.56 Å². The number of carbonyl (C=O) groups excluding carboxylic acids is 1. The number of likely N-dealkylation sites (tertiary alicyclic amines) is 1. The summed E-state index contributed by atoms with van der Waals surface area (Å²) in [5.41, 5.74) is 1.31. The zero-order valence-corrected chi connectivity index (χ0v) is 17.4. The number of aromatic nitrogens is 3. The molecule has 3 aromatic rings. The first-order valence-corrected chi connectivity index (χ1v) is 10.5. The van der Waals surface area contributed by atoms with Crippen molar-refractivity contribution in [3.05, 3.63) is 56.7 Å². The van der Waals surface area contributed by atoms with Gasteiger partial charge in [0, 0.05) is 42.7 Å². The van der Waals surface area contributed by atoms with E-state index in [1.807, 2.05) is 29.8 Å². The van der Waals surface area contributed by atoms with Crippen LogP contribution >= 0.6 is 11.3 Å². The fourth-order valence-electron chi connectivity index (χ4n) is 3.80. The number of pyridine rings is 1. The van der Waals surface area contributed by atoms with E-state index < -0.39 is 5.91 Å². The van der Waals surface area contributed by atoms with E-state index in [0.29, 0.717) is 19.2 Å². The summed E-state index contributed by atoms with van der Waals surface area (Å²) < 4.78 is 7.22. The highest BCUT2D eigenvalue weighted by Gasteiger charge is 2.24. The number of fused-ring (bicyclic) bond motifs is 1. The average Bonchev–Trinajstić information content (AvgIpc) is 3.35. The van der Waals surface area contributed by atoms with Crippen LogP contribution in [0.15, 0.2) is 29.3 Å². The number of imidazole rings is 1. The maximum Gasteiger partial charge on any atom is 0.261 e. The lowest BCUT2D eigenvalue weighted by molar-refractivity contribution is 0.0948. The summed E-state index contributed by atoms with van der Waals surface area (Å²) in [7, 11) is 1.71. The number of ether oxygens (including phenoxy) is 1. The molecule has 9 heteroatoms. The standard InChI is InChI=1S/C20H25N5O3S/c1-13-9-25-11-15(23-20(25)29-13)8-21-18(26)17-6-5-14(22-19(17)27)10-24-7-3-4-16(24)12-28-2/h5-6,9,11,16H,3-4,7-8,10,12H2,1-2H3,(H,21,26)(H,22,27)/t16-/m1/s1. The van der Waals surface area contributed by atoms with Gasteiger partial charge in [-0.25, -0.2) is 4.98 Å². The molecule has 1 saturated heterocycles. The zero-order valence-electron chi connectivity index (χ0n) is 16.6. The first-order valence-electron chi connectivity index (χ1n) is 9.71. The molecule has 0 spiro atoms. The number of rotatable bonds is 7. The number of H-pyrrole nitrogens is 1. The highest BCUT2D eigenvalue weighted by atomic mass is 32.1. The predicted octanol–water partition coefficient (Wildman–Crippen LogP) is 1.93. The molecular formula is C20H25N5O3S. The van der Waals surface area contributed by atoms with E-state index in [1.54, 1.807) is 24.5 Å². The van der Waals surface area contributed by atoms with Gasteiger partial charge in [-0.1, -0.05) is 0 Å². The van der Waals surface area contributed by atoms with Crippen LogP contribution in [-0.2, 0) is 17.8 Å². The molecule has 29 heavy (non-hydrogen) atoms. The van der Waals surface area contributed by atoms with Crippen LogP contribution in [0, 0.1) is 6.92 Å². The van der Waals surface area contributed by atoms with Crippen molar-refractivity contribution in [3.63, 3.8) is 0 Å². The third-order valence-electron chi connectivity index (χ3n) is 5.20. The summed E-state index contributed by atoms with van der Waals surface area (Å²) in [6.45, 7) is 4.63. The van der Waals surface area contributed by atoms with E-state index in [-0.39, 0.29) is 17.7 Å². The SMILES string of the molecule is COC[C@H]1CCCN1Cc1ccc(C(=O)NCc2cn3cc(C)sc3n2)c(=O)[nH]1. The largest absolute Gasteiger partial charge is 0.383 e. The van der Waals surface area contributed by atoms with Gasteiger partial charge in [-0.15, -0.1) is 11.3 Å². The number of aromatic amines is 1. The lowest BCUT2D eigenvalue weighted by atomic mass is 10.2. The Morgan fingerprint density at radius 3 is 3.03 bits per heavy atom. The van der Waals surface area contributed by atoms with E-state index in [1.165, 1.54) is 4.88 Å². The number of hydrogen-bond acceptors (Lipinski definition) is 6. The van der Waals surface area contributed by atoms with Crippen LogP contribution in [0.5, 0.6) is 0 Å². The fourth-order valence-corrected chi connectivity index (χ4v) is 4.63. The molecule has 8 nitrogen and oxygen atoms in total. The lowest BCUT2D eigenvalue weighted by Gasteiger charge is -2.23. The van der Waals surface area contributed by atoms with Crippen molar-refractivity contribution in [3.8, 4) is 0 Å². The van der Waals surface area contributed by atoms with E-state index in [0.717, 1.165) is 35.7 Å². The number of carbonyl (C=O) groups is 1. The van der Waals surface area contributed by atoms with Crippen molar-refractivity contribution in [2.24, 2.45) is 0 Å². The Kier molecular flexibility index (Phi) is 5.79. The van der Waals surface area contributed by atoms with Crippen molar-refractivity contribution in [2.45, 2.75) is 38.9 Å². The quantitative estimate of drug-likeness (QED) is 0.615. The molecule has 2 N–H and O–H groups in total. The number of aryl methyl sites for hydroxylation is 1. The summed E-state index contributed by atoms with van der Waals surface area (Å²) in [5.74, 6) is -0.399. The first-order chi connectivity index (χ1) is 14.0. The minimum atomic E-state index is -0.399. The number of thiazole rings is 1. The maximum atomic E-state index is 12.4. The molecule has 1 aliphatic heterocycles. The topological polar surface area (TPSA) is 91.7 Å². The zero-order chi connectivity index (χ0) is 20.4. The van der Waals surface area contributed by atoms with Gasteiger partial charge in [0.15, 0.2) is 4.96 Å². The van der Waals surface area contributed by atoms with Crippen molar-refractivity contribution in [1.29, 1.82) is 0 Å². The molecule has 154 valence electrons. The van der Waals surface area contributed by atoms with Crippen molar-refractivity contribution in [2.75, 3.05) is 20.3 Å². The Hall–Kier alpha value is -2.49. The van der Waals surface area contributed by atoms with Crippen molar-refractivity contribution < 1.29 is 9.53 Å². The summed E-state index contributed by atoms with van der Waals surface area (Å²) in [4.78, 5) is 36.6. The molecule has 0 bridgehead atoms. The van der Waals surface area contributed by atoms with Crippen molar-refractivity contribution in [1.82, 2.24) is 24.6 Å². The first kappa shape index (κ1) is 19.8. The van der Waals surface area contributed by atoms with Crippen LogP contribution in [0.1, 0.15) is 39.5 Å². The Balaban J connectivity index is 1.38. The van der Waals surface area contributed by atoms with E-state index in [9.17, 15) is 9.59 Å². The Morgan fingerprint density at radius 1 is 1.41 bits per heavy atom. The molecule has 3 aromatic heterocycles. The molecule has 1 fully saturated rings. The number of nitrogens with one attached hydrogen (secondary N) is 2. The van der Waals surface area contributed by atoms with Crippen LogP contribution in [0.4, 0.5) is 0 Å². The monoisotopic (exact) mass is 415 g/mol. The molecule has 4 rings (SSSR count). The van der Waals surface area contributed by atoms with E-state index in [4.69, 9.17) is 4.74 Å². The summed E-state index contributed by atoms with van der Waals surface area (Å²) in [6.07, 6.45) is 6.12. The van der Waals surface area contributed by atoms with Gasteiger partial charge in [0.2, 0.25) is 0 Å². The Bertz CT molecular complexity index is 1040. The Labute approximate surface area is 172 Å². The third-order valence-corrected chi connectivity index (χ3v) is 6.11. The van der Waals surface area contributed by atoms with Gasteiger partial charge in [0.05, 0.1) is 18.8 Å². The molecule has 1 atom stereocenters. The number of amides is 1. The van der Waals surface area contributed by atoms with Gasteiger partial charge < -0.3 is 15.0 Å². The molecule has 0 saturated carbocycles. The molecule has 1 amide bonds. The van der Waals surface area contributed by atoms with Gasteiger partial charge in [-0.3, -0.25) is 18.9 Å². The van der Waals surface area contributed by atoms with Gasteiger partial charge in [-0.2, -0.15) is 0 Å².